The number of likely N-dealkylation sites (N-methyl/N-ethyl adjacent to an activating group) is 1. The first-order valence-corrected chi connectivity index (χ1v) is 6.03. The minimum atomic E-state index is 0.577. The van der Waals surface area contributed by atoms with Gasteiger partial charge in [-0.25, -0.2) is 4.98 Å². The molecule has 0 saturated heterocycles. The average Bonchev–Trinajstić information content (AvgIpc) is 2.73. The van der Waals surface area contributed by atoms with E-state index in [1.165, 1.54) is 5.69 Å². The molecule has 88 valence electrons. The van der Waals surface area contributed by atoms with Crippen molar-refractivity contribution in [2.75, 3.05) is 13.1 Å². The Morgan fingerprint density at radius 1 is 1.56 bits per heavy atom. The van der Waals surface area contributed by atoms with E-state index in [2.05, 4.69) is 23.7 Å². The molecule has 1 unspecified atom stereocenters. The second kappa shape index (κ2) is 4.78. The first kappa shape index (κ1) is 11.3. The van der Waals surface area contributed by atoms with Crippen LogP contribution in [0.1, 0.15) is 36.6 Å². The molecule has 4 heteroatoms. The zero-order valence-electron chi connectivity index (χ0n) is 10.0. The summed E-state index contributed by atoms with van der Waals surface area (Å²) >= 11 is 0. The molecule has 1 aliphatic heterocycles. The number of carbonyl (C=O) groups is 1. The van der Waals surface area contributed by atoms with Gasteiger partial charge in [0.05, 0.1) is 0 Å². The Kier molecular flexibility index (Phi) is 3.39. The zero-order valence-corrected chi connectivity index (χ0v) is 10.0. The van der Waals surface area contributed by atoms with Crippen molar-refractivity contribution in [1.82, 2.24) is 14.5 Å². The molecule has 0 fully saturated rings. The van der Waals surface area contributed by atoms with Crippen LogP contribution in [0.5, 0.6) is 0 Å². The number of hydrogen-bond donors (Lipinski definition) is 0. The van der Waals surface area contributed by atoms with Gasteiger partial charge >= 0.3 is 0 Å². The van der Waals surface area contributed by atoms with E-state index in [0.717, 1.165) is 38.8 Å². The van der Waals surface area contributed by atoms with E-state index in [4.69, 9.17) is 0 Å². The predicted octanol–water partition coefficient (Wildman–Crippen LogP) is 1.35. The quantitative estimate of drug-likeness (QED) is 0.720. The van der Waals surface area contributed by atoms with Gasteiger partial charge in [0.15, 0.2) is 12.1 Å². The van der Waals surface area contributed by atoms with Crippen molar-refractivity contribution in [3.63, 3.8) is 0 Å². The van der Waals surface area contributed by atoms with Crippen LogP contribution in [0, 0.1) is 0 Å². The Bertz CT molecular complexity index is 368. The molecule has 2 rings (SSSR count). The lowest BCUT2D eigenvalue weighted by Crippen LogP contribution is -2.40. The zero-order chi connectivity index (χ0) is 11.5. The molecule has 0 amide bonds. The minimum Gasteiger partial charge on any atom is -0.326 e. The van der Waals surface area contributed by atoms with Crippen LogP contribution in [0.4, 0.5) is 0 Å². The molecule has 0 aliphatic carbocycles. The summed E-state index contributed by atoms with van der Waals surface area (Å²) < 4.78 is 2.05. The number of rotatable bonds is 4. The molecule has 1 atom stereocenters. The number of carbonyl (C=O) groups excluding carboxylic acids is 1. The number of aldehydes is 1. The summed E-state index contributed by atoms with van der Waals surface area (Å²) in [6.45, 7) is 7.51. The third kappa shape index (κ3) is 1.89. The van der Waals surface area contributed by atoms with Crippen molar-refractivity contribution in [3.8, 4) is 0 Å². The molecule has 0 bridgehead atoms. The Morgan fingerprint density at radius 2 is 2.31 bits per heavy atom. The lowest BCUT2D eigenvalue weighted by Gasteiger charge is -2.33. The van der Waals surface area contributed by atoms with Gasteiger partial charge in [-0.3, -0.25) is 4.79 Å². The molecule has 1 aliphatic rings. The molecule has 0 saturated carbocycles. The lowest BCUT2D eigenvalue weighted by atomic mass is 10.0. The molecule has 0 spiro atoms. The number of fused-ring (bicyclic) bond motifs is 1. The molecule has 0 radical (unpaired) electrons. The fourth-order valence-corrected chi connectivity index (χ4v) is 2.62. The summed E-state index contributed by atoms with van der Waals surface area (Å²) in [5.41, 5.74) is 1.20. The fraction of sp³-hybridized carbons (Fsp3) is 0.667. The van der Waals surface area contributed by atoms with Crippen LogP contribution in [0.3, 0.4) is 0 Å². The van der Waals surface area contributed by atoms with Gasteiger partial charge in [0.25, 0.3) is 0 Å². The van der Waals surface area contributed by atoms with Crippen LogP contribution in [0.2, 0.25) is 0 Å². The van der Waals surface area contributed by atoms with Crippen molar-refractivity contribution >= 4 is 6.29 Å². The first-order valence-electron chi connectivity index (χ1n) is 6.03. The largest absolute Gasteiger partial charge is 0.326 e. The lowest BCUT2D eigenvalue weighted by molar-refractivity contribution is 0.110. The second-order valence-corrected chi connectivity index (χ2v) is 4.25. The smallest absolute Gasteiger partial charge is 0.185 e. The monoisotopic (exact) mass is 221 g/mol. The van der Waals surface area contributed by atoms with E-state index in [0.29, 0.717) is 11.9 Å². The topological polar surface area (TPSA) is 38.1 Å². The van der Waals surface area contributed by atoms with E-state index in [1.54, 1.807) is 0 Å². The van der Waals surface area contributed by atoms with Gasteiger partial charge in [0, 0.05) is 30.9 Å². The Morgan fingerprint density at radius 3 is 2.94 bits per heavy atom. The number of aromatic nitrogens is 2. The molecule has 0 N–H and O–H groups in total. The summed E-state index contributed by atoms with van der Waals surface area (Å²) in [5.74, 6) is 0.577. The van der Waals surface area contributed by atoms with Gasteiger partial charge in [-0.15, -0.1) is 0 Å². The molecule has 1 aromatic rings. The fourth-order valence-electron chi connectivity index (χ4n) is 2.62. The highest BCUT2D eigenvalue weighted by Crippen LogP contribution is 2.20. The average molecular weight is 221 g/mol. The van der Waals surface area contributed by atoms with Crippen LogP contribution >= 0.6 is 0 Å². The highest BCUT2D eigenvalue weighted by Gasteiger charge is 2.24. The number of hydrogen-bond acceptors (Lipinski definition) is 3. The van der Waals surface area contributed by atoms with E-state index >= 15 is 0 Å². The van der Waals surface area contributed by atoms with Gasteiger partial charge < -0.3 is 9.47 Å². The van der Waals surface area contributed by atoms with Gasteiger partial charge in [0.1, 0.15) is 0 Å². The van der Waals surface area contributed by atoms with Crippen LogP contribution in [0.25, 0.3) is 0 Å². The maximum absolute atomic E-state index is 10.8. The summed E-state index contributed by atoms with van der Waals surface area (Å²) in [4.78, 5) is 17.4. The van der Waals surface area contributed by atoms with Crippen molar-refractivity contribution in [2.24, 2.45) is 0 Å². The molecule has 4 nitrogen and oxygen atoms in total. The van der Waals surface area contributed by atoms with Crippen molar-refractivity contribution in [1.29, 1.82) is 0 Å². The highest BCUT2D eigenvalue weighted by molar-refractivity contribution is 5.69. The van der Waals surface area contributed by atoms with Crippen molar-refractivity contribution in [2.45, 2.75) is 39.3 Å². The maximum atomic E-state index is 10.8. The maximum Gasteiger partial charge on any atom is 0.185 e. The summed E-state index contributed by atoms with van der Waals surface area (Å²) in [7, 11) is 0. The van der Waals surface area contributed by atoms with Crippen LogP contribution in [-0.4, -0.2) is 39.9 Å². The SMILES string of the molecule is CCN(CC)C1CCn2c(cnc2C=O)C1. The Balaban J connectivity index is 2.15. The van der Waals surface area contributed by atoms with Gasteiger partial charge in [-0.05, 0) is 19.5 Å². The highest BCUT2D eigenvalue weighted by atomic mass is 16.1. The molecule has 16 heavy (non-hydrogen) atoms. The third-order valence-corrected chi connectivity index (χ3v) is 3.53. The van der Waals surface area contributed by atoms with E-state index in [-0.39, 0.29) is 0 Å². The normalized spacial score (nSPS) is 19.8. The summed E-state index contributed by atoms with van der Waals surface area (Å²) in [6, 6.07) is 0.610. The summed E-state index contributed by atoms with van der Waals surface area (Å²) in [6.07, 6.45) is 4.83. The Labute approximate surface area is 96.3 Å². The predicted molar refractivity (Wildman–Crippen MR) is 62.6 cm³/mol. The first-order chi connectivity index (χ1) is 7.80. The minimum absolute atomic E-state index is 0.577. The van der Waals surface area contributed by atoms with Crippen LogP contribution in [-0.2, 0) is 13.0 Å². The molecule has 0 aromatic carbocycles. The molecule has 1 aromatic heterocycles. The van der Waals surface area contributed by atoms with E-state index in [9.17, 15) is 4.79 Å². The van der Waals surface area contributed by atoms with E-state index in [1.807, 2.05) is 10.8 Å². The molecule has 2 heterocycles. The van der Waals surface area contributed by atoms with Crippen LogP contribution < -0.4 is 0 Å². The van der Waals surface area contributed by atoms with Crippen molar-refractivity contribution < 1.29 is 4.79 Å². The molecular formula is C12H19N3O. The second-order valence-electron chi connectivity index (χ2n) is 4.25. The number of nitrogens with zero attached hydrogens (tertiary/aromatic N) is 3. The van der Waals surface area contributed by atoms with Crippen LogP contribution in [0.15, 0.2) is 6.20 Å². The molecular weight excluding hydrogens is 202 g/mol. The van der Waals surface area contributed by atoms with Crippen molar-refractivity contribution in [3.05, 3.63) is 17.7 Å². The van der Waals surface area contributed by atoms with E-state index < -0.39 is 0 Å². The van der Waals surface area contributed by atoms with Gasteiger partial charge in [0.2, 0.25) is 0 Å². The standard InChI is InChI=1S/C12H19N3O/c1-3-14(4-2)10-5-6-15-11(7-10)8-13-12(15)9-16/h8-10H,3-7H2,1-2H3. The summed E-state index contributed by atoms with van der Waals surface area (Å²) in [5, 5.41) is 0. The Hall–Kier alpha value is -1.16. The number of imidazole rings is 1. The van der Waals surface area contributed by atoms with Gasteiger partial charge in [-0.1, -0.05) is 13.8 Å². The third-order valence-electron chi connectivity index (χ3n) is 3.53. The van der Waals surface area contributed by atoms with Gasteiger partial charge in [-0.2, -0.15) is 0 Å².